The molecule has 8 heteroatoms. The van der Waals surface area contributed by atoms with E-state index in [0.29, 0.717) is 24.1 Å². The Kier molecular flexibility index (Phi) is 3.29. The maximum atomic E-state index is 12.7. The molecule has 4 nitrogen and oxygen atoms in total. The van der Waals surface area contributed by atoms with E-state index in [2.05, 4.69) is 5.32 Å². The molecule has 114 valence electrons. The maximum Gasteiger partial charge on any atom is 0.405 e. The summed E-state index contributed by atoms with van der Waals surface area (Å²) in [6.45, 7) is -1.06. The molecule has 1 saturated carbocycles. The van der Waals surface area contributed by atoms with E-state index in [9.17, 15) is 18.0 Å². The summed E-state index contributed by atoms with van der Waals surface area (Å²) < 4.78 is 38.2. The zero-order valence-electron chi connectivity index (χ0n) is 10.9. The minimum Gasteiger partial charge on any atom is -0.358 e. The Bertz CT molecular complexity index is 601. The molecule has 3 rings (SSSR count). The number of hydrogen-bond donors (Lipinski definition) is 2. The lowest BCUT2D eigenvalue weighted by Gasteiger charge is -2.27. The van der Waals surface area contributed by atoms with Crippen LogP contribution >= 0.6 is 11.6 Å². The van der Waals surface area contributed by atoms with Crippen molar-refractivity contribution in [1.82, 2.24) is 0 Å². The summed E-state index contributed by atoms with van der Waals surface area (Å²) in [6, 6.07) is 1.96. The summed E-state index contributed by atoms with van der Waals surface area (Å²) in [5.41, 5.74) is 6.92. The van der Waals surface area contributed by atoms with Gasteiger partial charge in [-0.1, -0.05) is 11.6 Å². The SMILES string of the molecule is NC1C(=O)Nc2cc(N(CC(F)(F)F)C3CC3)c(Cl)cc21. The number of nitrogens with zero attached hydrogens (tertiary/aromatic N) is 1. The lowest BCUT2D eigenvalue weighted by molar-refractivity contribution is -0.120. The van der Waals surface area contributed by atoms with Crippen molar-refractivity contribution < 1.29 is 18.0 Å². The zero-order valence-corrected chi connectivity index (χ0v) is 11.6. The van der Waals surface area contributed by atoms with Crippen molar-refractivity contribution in [2.45, 2.75) is 31.1 Å². The number of carbonyl (C=O) groups excluding carboxylic acids is 1. The molecule has 0 aromatic heterocycles. The quantitative estimate of drug-likeness (QED) is 0.900. The molecule has 2 aliphatic rings. The van der Waals surface area contributed by atoms with Crippen LogP contribution in [-0.2, 0) is 4.79 Å². The molecule has 21 heavy (non-hydrogen) atoms. The van der Waals surface area contributed by atoms with Crippen molar-refractivity contribution in [3.63, 3.8) is 0 Å². The number of alkyl halides is 3. The fourth-order valence-corrected chi connectivity index (χ4v) is 2.79. The average Bonchev–Trinajstić information content (AvgIpc) is 3.16. The Hall–Kier alpha value is -1.47. The highest BCUT2D eigenvalue weighted by atomic mass is 35.5. The first-order chi connectivity index (χ1) is 9.76. The highest BCUT2D eigenvalue weighted by Crippen LogP contribution is 2.42. The van der Waals surface area contributed by atoms with E-state index in [-0.39, 0.29) is 22.7 Å². The molecule has 1 aliphatic heterocycles. The van der Waals surface area contributed by atoms with Gasteiger partial charge in [-0.05, 0) is 25.0 Å². The second-order valence-electron chi connectivity index (χ2n) is 5.33. The van der Waals surface area contributed by atoms with E-state index in [1.165, 1.54) is 17.0 Å². The monoisotopic (exact) mass is 319 g/mol. The van der Waals surface area contributed by atoms with Gasteiger partial charge in [-0.15, -0.1) is 0 Å². The summed E-state index contributed by atoms with van der Waals surface area (Å²) >= 11 is 6.11. The lowest BCUT2D eigenvalue weighted by atomic mass is 10.1. The van der Waals surface area contributed by atoms with Crippen LogP contribution in [0.4, 0.5) is 24.5 Å². The van der Waals surface area contributed by atoms with Gasteiger partial charge in [0, 0.05) is 17.3 Å². The van der Waals surface area contributed by atoms with E-state index in [1.807, 2.05) is 0 Å². The average molecular weight is 320 g/mol. The van der Waals surface area contributed by atoms with E-state index >= 15 is 0 Å². The van der Waals surface area contributed by atoms with Crippen LogP contribution in [0.3, 0.4) is 0 Å². The van der Waals surface area contributed by atoms with Crippen molar-refractivity contribution in [3.05, 3.63) is 22.7 Å². The minimum absolute atomic E-state index is 0.159. The van der Waals surface area contributed by atoms with E-state index in [1.54, 1.807) is 0 Å². The van der Waals surface area contributed by atoms with Gasteiger partial charge in [-0.25, -0.2) is 0 Å². The van der Waals surface area contributed by atoms with Crippen molar-refractivity contribution in [1.29, 1.82) is 0 Å². The molecule has 3 N–H and O–H groups in total. The summed E-state index contributed by atoms with van der Waals surface area (Å²) in [5, 5.41) is 2.74. The third kappa shape index (κ3) is 2.80. The molecule has 1 amide bonds. The number of nitrogens with two attached hydrogens (primary N) is 1. The smallest absolute Gasteiger partial charge is 0.358 e. The van der Waals surface area contributed by atoms with Crippen LogP contribution in [0.5, 0.6) is 0 Å². The number of benzene rings is 1. The first kappa shape index (κ1) is 14.5. The predicted molar refractivity (Wildman–Crippen MR) is 73.4 cm³/mol. The summed E-state index contributed by atoms with van der Waals surface area (Å²) in [7, 11) is 0. The van der Waals surface area contributed by atoms with Crippen LogP contribution < -0.4 is 16.0 Å². The van der Waals surface area contributed by atoms with Crippen LogP contribution in [0.1, 0.15) is 24.4 Å². The second-order valence-corrected chi connectivity index (χ2v) is 5.74. The van der Waals surface area contributed by atoms with E-state index in [4.69, 9.17) is 17.3 Å². The first-order valence-corrected chi connectivity index (χ1v) is 6.87. The topological polar surface area (TPSA) is 58.4 Å². The van der Waals surface area contributed by atoms with Crippen LogP contribution in [0.15, 0.2) is 12.1 Å². The fourth-order valence-electron chi connectivity index (χ4n) is 2.50. The van der Waals surface area contributed by atoms with Crippen molar-refractivity contribution >= 4 is 28.9 Å². The van der Waals surface area contributed by atoms with Crippen LogP contribution in [-0.4, -0.2) is 24.7 Å². The van der Waals surface area contributed by atoms with Gasteiger partial charge in [-0.3, -0.25) is 4.79 Å². The molecule has 1 aromatic rings. The molecular weight excluding hydrogens is 307 g/mol. The molecule has 1 unspecified atom stereocenters. The molecule has 0 saturated heterocycles. The Labute approximate surface area is 124 Å². The Morgan fingerprint density at radius 2 is 2.05 bits per heavy atom. The third-order valence-electron chi connectivity index (χ3n) is 3.64. The number of amides is 1. The molecule has 1 aromatic carbocycles. The number of hydrogen-bond acceptors (Lipinski definition) is 3. The molecule has 1 heterocycles. The summed E-state index contributed by atoms with van der Waals surface area (Å²) in [4.78, 5) is 12.8. The molecule has 0 radical (unpaired) electrons. The van der Waals surface area contributed by atoms with Crippen molar-refractivity contribution in [2.75, 3.05) is 16.8 Å². The lowest BCUT2D eigenvalue weighted by Crippen LogP contribution is -2.36. The Morgan fingerprint density at radius 3 is 2.62 bits per heavy atom. The number of rotatable bonds is 3. The number of nitrogens with one attached hydrogen (secondary N) is 1. The molecule has 0 spiro atoms. The second kappa shape index (κ2) is 4.78. The predicted octanol–water partition coefficient (Wildman–Crippen LogP) is 2.82. The summed E-state index contributed by atoms with van der Waals surface area (Å²) in [6.07, 6.45) is -2.91. The Balaban J connectivity index is 1.98. The number of halogens is 4. The van der Waals surface area contributed by atoms with Gasteiger partial charge in [0.15, 0.2) is 0 Å². The van der Waals surface area contributed by atoms with E-state index in [0.717, 1.165) is 0 Å². The molecule has 1 atom stereocenters. The first-order valence-electron chi connectivity index (χ1n) is 6.49. The van der Waals surface area contributed by atoms with Gasteiger partial charge in [-0.2, -0.15) is 13.2 Å². The number of fused-ring (bicyclic) bond motifs is 1. The van der Waals surface area contributed by atoms with Gasteiger partial charge in [0.2, 0.25) is 5.91 Å². The van der Waals surface area contributed by atoms with Crippen LogP contribution in [0.25, 0.3) is 0 Å². The molecule has 1 aliphatic carbocycles. The zero-order chi connectivity index (χ0) is 15.4. The van der Waals surface area contributed by atoms with Gasteiger partial charge < -0.3 is 16.0 Å². The standard InChI is InChI=1S/C13H13ClF3N3O/c14-8-3-7-9(19-12(21)11(7)18)4-10(8)20(6-1-2-6)5-13(15,16)17/h3-4,6,11H,1-2,5,18H2,(H,19,21). The Morgan fingerprint density at radius 1 is 1.38 bits per heavy atom. The largest absolute Gasteiger partial charge is 0.405 e. The van der Waals surface area contributed by atoms with Gasteiger partial charge >= 0.3 is 6.18 Å². The van der Waals surface area contributed by atoms with E-state index < -0.39 is 18.8 Å². The van der Waals surface area contributed by atoms with Gasteiger partial charge in [0.1, 0.15) is 12.6 Å². The number of anilines is 2. The van der Waals surface area contributed by atoms with Crippen molar-refractivity contribution in [2.24, 2.45) is 5.73 Å². The normalized spacial score (nSPS) is 21.2. The molecular formula is C13H13ClF3N3O. The maximum absolute atomic E-state index is 12.7. The van der Waals surface area contributed by atoms with Crippen LogP contribution in [0, 0.1) is 0 Å². The fraction of sp³-hybridized carbons (Fsp3) is 0.462. The van der Waals surface area contributed by atoms with Gasteiger partial charge in [0.05, 0.1) is 10.7 Å². The van der Waals surface area contributed by atoms with Crippen LogP contribution in [0.2, 0.25) is 5.02 Å². The van der Waals surface area contributed by atoms with Crippen molar-refractivity contribution in [3.8, 4) is 0 Å². The summed E-state index contributed by atoms with van der Waals surface area (Å²) in [5.74, 6) is -0.382. The highest BCUT2D eigenvalue weighted by molar-refractivity contribution is 6.33. The van der Waals surface area contributed by atoms with Gasteiger partial charge in [0.25, 0.3) is 0 Å². The highest BCUT2D eigenvalue weighted by Gasteiger charge is 2.40. The third-order valence-corrected chi connectivity index (χ3v) is 3.94. The molecule has 1 fully saturated rings. The number of carbonyl (C=O) groups is 1. The minimum atomic E-state index is -4.31. The molecule has 0 bridgehead atoms.